The van der Waals surface area contributed by atoms with E-state index in [0.29, 0.717) is 11.6 Å². The molecule has 1 saturated carbocycles. The van der Waals surface area contributed by atoms with Crippen LogP contribution < -0.4 is 5.32 Å². The minimum Gasteiger partial charge on any atom is -0.364 e. The van der Waals surface area contributed by atoms with E-state index < -0.39 is 6.43 Å². The van der Waals surface area contributed by atoms with E-state index in [2.05, 4.69) is 20.4 Å². The van der Waals surface area contributed by atoms with Gasteiger partial charge in [-0.3, -0.25) is 4.68 Å². The van der Waals surface area contributed by atoms with Crippen molar-refractivity contribution in [2.75, 3.05) is 5.32 Å². The van der Waals surface area contributed by atoms with E-state index in [0.717, 1.165) is 55.0 Å². The Morgan fingerprint density at radius 1 is 1.30 bits per heavy atom. The zero-order valence-corrected chi connectivity index (χ0v) is 13.0. The lowest BCUT2D eigenvalue weighted by Gasteiger charge is -2.12. The minimum atomic E-state index is -2.52. The number of fused-ring (bicyclic) bond motifs is 1. The molecule has 5 nitrogen and oxygen atoms in total. The molecule has 2 aromatic heterocycles. The molecule has 7 heteroatoms. The Bertz CT molecular complexity index is 736. The molecule has 0 spiro atoms. The lowest BCUT2D eigenvalue weighted by atomic mass is 10.2. The fraction of sp³-hybridized carbons (Fsp3) is 0.562. The van der Waals surface area contributed by atoms with E-state index in [4.69, 9.17) is 0 Å². The van der Waals surface area contributed by atoms with Crippen molar-refractivity contribution in [2.24, 2.45) is 7.05 Å². The summed E-state index contributed by atoms with van der Waals surface area (Å²) in [5, 5.41) is 7.37. The number of aryl methyl sites for hydroxylation is 2. The van der Waals surface area contributed by atoms with Crippen molar-refractivity contribution in [3.63, 3.8) is 0 Å². The molecule has 0 amide bonds. The SMILES string of the molecule is Cn1cc(C(F)F)c(CNc2nc(C3CC3)nc3c2CCC3)n1. The average Bonchev–Trinajstić information content (AvgIpc) is 3.14. The number of anilines is 1. The number of nitrogens with zero attached hydrogens (tertiary/aromatic N) is 4. The third-order valence-corrected chi connectivity index (χ3v) is 4.49. The van der Waals surface area contributed by atoms with Crippen LogP contribution >= 0.6 is 0 Å². The maximum Gasteiger partial charge on any atom is 0.267 e. The highest BCUT2D eigenvalue weighted by Crippen LogP contribution is 2.40. The maximum absolute atomic E-state index is 13.1. The molecule has 0 atom stereocenters. The van der Waals surface area contributed by atoms with Crippen LogP contribution in [0.3, 0.4) is 0 Å². The fourth-order valence-electron chi connectivity index (χ4n) is 3.16. The number of hydrogen-bond donors (Lipinski definition) is 1. The van der Waals surface area contributed by atoms with Gasteiger partial charge in [0, 0.05) is 30.4 Å². The van der Waals surface area contributed by atoms with Gasteiger partial charge < -0.3 is 5.32 Å². The predicted octanol–water partition coefficient (Wildman–Crippen LogP) is 3.13. The second-order valence-corrected chi connectivity index (χ2v) is 6.34. The zero-order chi connectivity index (χ0) is 16.0. The topological polar surface area (TPSA) is 55.6 Å². The molecule has 1 N–H and O–H groups in total. The van der Waals surface area contributed by atoms with E-state index >= 15 is 0 Å². The van der Waals surface area contributed by atoms with E-state index in [9.17, 15) is 8.78 Å². The van der Waals surface area contributed by atoms with Crippen LogP contribution in [0.1, 0.15) is 59.9 Å². The molecule has 4 rings (SSSR count). The Labute approximate surface area is 133 Å². The predicted molar refractivity (Wildman–Crippen MR) is 81.5 cm³/mol. The highest BCUT2D eigenvalue weighted by Gasteiger charge is 2.29. The number of aromatic nitrogens is 4. The van der Waals surface area contributed by atoms with Crippen molar-refractivity contribution in [3.8, 4) is 0 Å². The summed E-state index contributed by atoms with van der Waals surface area (Å²) in [6.07, 6.45) is 4.17. The number of rotatable bonds is 5. The van der Waals surface area contributed by atoms with Gasteiger partial charge in [0.2, 0.25) is 0 Å². The lowest BCUT2D eigenvalue weighted by Crippen LogP contribution is -2.10. The van der Waals surface area contributed by atoms with Gasteiger partial charge in [-0.2, -0.15) is 5.10 Å². The molecule has 0 bridgehead atoms. The summed E-state index contributed by atoms with van der Waals surface area (Å²) in [5.41, 5.74) is 2.62. The molecule has 0 unspecified atom stereocenters. The number of nitrogens with one attached hydrogen (secondary N) is 1. The van der Waals surface area contributed by atoms with E-state index in [1.807, 2.05) is 0 Å². The standard InChI is InChI=1S/C16H19F2N5/c1-23-8-11(14(17)18)13(22-23)7-19-16-10-3-2-4-12(10)20-15(21-16)9-5-6-9/h8-9,14H,2-7H2,1H3,(H,19,20,21). The van der Waals surface area contributed by atoms with E-state index in [1.54, 1.807) is 7.05 Å². The molecule has 0 aromatic carbocycles. The van der Waals surface area contributed by atoms with Gasteiger partial charge in [0.05, 0.1) is 17.8 Å². The van der Waals surface area contributed by atoms with Crippen molar-refractivity contribution >= 4 is 5.82 Å². The van der Waals surface area contributed by atoms with Gasteiger partial charge in [0.15, 0.2) is 0 Å². The van der Waals surface area contributed by atoms with E-state index in [1.165, 1.54) is 10.9 Å². The largest absolute Gasteiger partial charge is 0.364 e. The second-order valence-electron chi connectivity index (χ2n) is 6.34. The van der Waals surface area contributed by atoms with Gasteiger partial charge in [-0.05, 0) is 32.1 Å². The van der Waals surface area contributed by atoms with Gasteiger partial charge >= 0.3 is 0 Å². The second kappa shape index (κ2) is 5.54. The van der Waals surface area contributed by atoms with Crippen molar-refractivity contribution in [2.45, 2.75) is 51.0 Å². The molecular weight excluding hydrogens is 300 g/mol. The summed E-state index contributed by atoms with van der Waals surface area (Å²) in [5.74, 6) is 2.19. The summed E-state index contributed by atoms with van der Waals surface area (Å²) in [7, 11) is 1.66. The normalized spacial score (nSPS) is 16.9. The molecule has 0 radical (unpaired) electrons. The summed E-state index contributed by atoms with van der Waals surface area (Å²) >= 11 is 0. The molecule has 1 fully saturated rings. The Balaban J connectivity index is 1.59. The molecule has 2 heterocycles. The van der Waals surface area contributed by atoms with Crippen LogP contribution in [0.4, 0.5) is 14.6 Å². The van der Waals surface area contributed by atoms with Crippen LogP contribution in [0, 0.1) is 0 Å². The Hall–Kier alpha value is -2.05. The molecule has 23 heavy (non-hydrogen) atoms. The molecule has 122 valence electrons. The lowest BCUT2D eigenvalue weighted by molar-refractivity contribution is 0.150. The van der Waals surface area contributed by atoms with Gasteiger partial charge in [0.25, 0.3) is 6.43 Å². The average molecular weight is 319 g/mol. The van der Waals surface area contributed by atoms with Crippen molar-refractivity contribution in [1.82, 2.24) is 19.7 Å². The van der Waals surface area contributed by atoms with Crippen LogP contribution in [0.15, 0.2) is 6.20 Å². The maximum atomic E-state index is 13.1. The first-order valence-corrected chi connectivity index (χ1v) is 8.06. The monoisotopic (exact) mass is 319 g/mol. The van der Waals surface area contributed by atoms with E-state index in [-0.39, 0.29) is 12.1 Å². The Morgan fingerprint density at radius 2 is 2.13 bits per heavy atom. The van der Waals surface area contributed by atoms with Gasteiger partial charge in [-0.15, -0.1) is 0 Å². The molecule has 2 aliphatic rings. The van der Waals surface area contributed by atoms with Crippen LogP contribution in [0.2, 0.25) is 0 Å². The first-order chi connectivity index (χ1) is 11.1. The first kappa shape index (κ1) is 14.5. The Morgan fingerprint density at radius 3 is 2.87 bits per heavy atom. The summed E-state index contributed by atoms with van der Waals surface area (Å²) in [6.45, 7) is 0.258. The van der Waals surface area contributed by atoms with Crippen LogP contribution in [0.25, 0.3) is 0 Å². The number of alkyl halides is 2. The van der Waals surface area contributed by atoms with Gasteiger partial charge in [-0.25, -0.2) is 18.7 Å². The molecule has 0 saturated heterocycles. The van der Waals surface area contributed by atoms with Crippen LogP contribution in [-0.4, -0.2) is 19.7 Å². The zero-order valence-electron chi connectivity index (χ0n) is 13.0. The summed E-state index contributed by atoms with van der Waals surface area (Å²) in [4.78, 5) is 9.35. The molecule has 2 aliphatic carbocycles. The summed E-state index contributed by atoms with van der Waals surface area (Å²) < 4.78 is 27.5. The Kier molecular flexibility index (Phi) is 3.50. The molecular formula is C16H19F2N5. The third kappa shape index (κ3) is 2.80. The van der Waals surface area contributed by atoms with Gasteiger partial charge in [-0.1, -0.05) is 0 Å². The van der Waals surface area contributed by atoms with Crippen LogP contribution in [0.5, 0.6) is 0 Å². The first-order valence-electron chi connectivity index (χ1n) is 8.06. The quantitative estimate of drug-likeness (QED) is 0.920. The van der Waals surface area contributed by atoms with Crippen molar-refractivity contribution < 1.29 is 8.78 Å². The highest BCUT2D eigenvalue weighted by molar-refractivity contribution is 5.49. The number of hydrogen-bond acceptors (Lipinski definition) is 4. The fourth-order valence-corrected chi connectivity index (χ4v) is 3.16. The van der Waals surface area contributed by atoms with Gasteiger partial charge in [0.1, 0.15) is 11.6 Å². The molecule has 2 aromatic rings. The van der Waals surface area contributed by atoms with Crippen LogP contribution in [-0.2, 0) is 26.4 Å². The van der Waals surface area contributed by atoms with Crippen molar-refractivity contribution in [1.29, 1.82) is 0 Å². The highest BCUT2D eigenvalue weighted by atomic mass is 19.3. The summed E-state index contributed by atoms with van der Waals surface area (Å²) in [6, 6.07) is 0. The molecule has 0 aliphatic heterocycles. The third-order valence-electron chi connectivity index (χ3n) is 4.49. The smallest absolute Gasteiger partial charge is 0.267 e. The number of halogens is 2. The van der Waals surface area contributed by atoms with Crippen molar-refractivity contribution in [3.05, 3.63) is 34.5 Å². The minimum absolute atomic E-state index is 0.0203.